The Morgan fingerprint density at radius 2 is 1.68 bits per heavy atom. The summed E-state index contributed by atoms with van der Waals surface area (Å²) in [5, 5.41) is 3.21. The number of hydrogen-bond donors (Lipinski definition) is 1. The first kappa shape index (κ1) is 20.6. The van der Waals surface area contributed by atoms with Crippen molar-refractivity contribution in [3.05, 3.63) is 65.2 Å². The van der Waals surface area contributed by atoms with E-state index in [0.717, 1.165) is 0 Å². The molecule has 4 aromatic rings. The molecule has 0 atom stereocenters. The van der Waals surface area contributed by atoms with Crippen molar-refractivity contribution in [3.8, 4) is 28.7 Å². The van der Waals surface area contributed by atoms with Crippen molar-refractivity contribution < 1.29 is 23.4 Å². The van der Waals surface area contributed by atoms with E-state index in [1.807, 2.05) is 0 Å². The predicted octanol–water partition coefficient (Wildman–Crippen LogP) is 5.43. The van der Waals surface area contributed by atoms with Crippen LogP contribution in [-0.2, 0) is 0 Å². The molecule has 0 saturated heterocycles. The number of aromatic nitrogens is 1. The van der Waals surface area contributed by atoms with Crippen molar-refractivity contribution in [1.82, 2.24) is 4.98 Å². The summed E-state index contributed by atoms with van der Waals surface area (Å²) >= 11 is 6.10. The Bertz CT molecular complexity index is 1240. The SMILES string of the molecule is COc1cc(-c2nc3cc(NC(=O)c4ccccc4Cl)ccc3o2)cc(OC)c1OC. The van der Waals surface area contributed by atoms with E-state index in [4.69, 9.17) is 30.2 Å². The number of benzene rings is 3. The summed E-state index contributed by atoms with van der Waals surface area (Å²) in [6, 6.07) is 15.6. The second-order valence-electron chi connectivity index (χ2n) is 6.55. The molecule has 0 unspecified atom stereocenters. The molecule has 158 valence electrons. The molecule has 1 N–H and O–H groups in total. The van der Waals surface area contributed by atoms with Gasteiger partial charge in [0.2, 0.25) is 11.6 Å². The van der Waals surface area contributed by atoms with Crippen LogP contribution in [-0.4, -0.2) is 32.2 Å². The van der Waals surface area contributed by atoms with Crippen molar-refractivity contribution in [2.24, 2.45) is 0 Å². The molecule has 31 heavy (non-hydrogen) atoms. The number of carbonyl (C=O) groups is 1. The van der Waals surface area contributed by atoms with E-state index in [0.29, 0.717) is 56.1 Å². The summed E-state index contributed by atoms with van der Waals surface area (Å²) in [7, 11) is 4.63. The van der Waals surface area contributed by atoms with E-state index in [1.54, 1.807) is 68.8 Å². The highest BCUT2D eigenvalue weighted by Gasteiger charge is 2.18. The lowest BCUT2D eigenvalue weighted by atomic mass is 10.2. The first-order valence-corrected chi connectivity index (χ1v) is 9.68. The fourth-order valence-electron chi connectivity index (χ4n) is 3.18. The van der Waals surface area contributed by atoms with Crippen molar-refractivity contribution in [1.29, 1.82) is 0 Å². The highest BCUT2D eigenvalue weighted by Crippen LogP contribution is 2.41. The zero-order valence-electron chi connectivity index (χ0n) is 17.1. The van der Waals surface area contributed by atoms with Gasteiger partial charge in [-0.05, 0) is 42.5 Å². The Labute approximate surface area is 183 Å². The van der Waals surface area contributed by atoms with Crippen LogP contribution >= 0.6 is 11.6 Å². The number of rotatable bonds is 6. The normalized spacial score (nSPS) is 10.7. The summed E-state index contributed by atoms with van der Waals surface area (Å²) in [6.45, 7) is 0. The molecular weight excluding hydrogens is 420 g/mol. The molecule has 1 heterocycles. The van der Waals surface area contributed by atoms with Gasteiger partial charge in [-0.3, -0.25) is 4.79 Å². The molecule has 1 amide bonds. The van der Waals surface area contributed by atoms with Crippen LogP contribution in [0.25, 0.3) is 22.6 Å². The summed E-state index contributed by atoms with van der Waals surface area (Å²) < 4.78 is 22.0. The van der Waals surface area contributed by atoms with Crippen LogP contribution in [0.1, 0.15) is 10.4 Å². The summed E-state index contributed by atoms with van der Waals surface area (Å²) in [6.07, 6.45) is 0. The highest BCUT2D eigenvalue weighted by atomic mass is 35.5. The molecule has 0 radical (unpaired) electrons. The van der Waals surface area contributed by atoms with Crippen molar-refractivity contribution in [2.45, 2.75) is 0 Å². The number of methoxy groups -OCH3 is 3. The minimum Gasteiger partial charge on any atom is -0.493 e. The summed E-state index contributed by atoms with van der Waals surface area (Å²) in [5.74, 6) is 1.54. The maximum Gasteiger partial charge on any atom is 0.257 e. The number of amides is 1. The zero-order chi connectivity index (χ0) is 22.0. The Balaban J connectivity index is 1.67. The van der Waals surface area contributed by atoms with Gasteiger partial charge in [0.25, 0.3) is 5.91 Å². The van der Waals surface area contributed by atoms with Gasteiger partial charge in [-0.1, -0.05) is 23.7 Å². The van der Waals surface area contributed by atoms with Crippen LogP contribution in [0.3, 0.4) is 0 Å². The fourth-order valence-corrected chi connectivity index (χ4v) is 3.40. The van der Waals surface area contributed by atoms with Crippen LogP contribution in [0.5, 0.6) is 17.2 Å². The molecule has 3 aromatic carbocycles. The van der Waals surface area contributed by atoms with E-state index in [9.17, 15) is 4.79 Å². The largest absolute Gasteiger partial charge is 0.493 e. The number of anilines is 1. The van der Waals surface area contributed by atoms with E-state index in [-0.39, 0.29) is 5.91 Å². The van der Waals surface area contributed by atoms with Gasteiger partial charge in [-0.25, -0.2) is 4.98 Å². The lowest BCUT2D eigenvalue weighted by Crippen LogP contribution is -2.12. The molecule has 0 spiro atoms. The minimum atomic E-state index is -0.307. The first-order chi connectivity index (χ1) is 15.0. The molecule has 1 aromatic heterocycles. The second-order valence-corrected chi connectivity index (χ2v) is 6.96. The van der Waals surface area contributed by atoms with E-state index in [2.05, 4.69) is 10.3 Å². The van der Waals surface area contributed by atoms with Gasteiger partial charge in [0.05, 0.1) is 31.9 Å². The van der Waals surface area contributed by atoms with Gasteiger partial charge < -0.3 is 23.9 Å². The molecule has 0 aliphatic rings. The first-order valence-electron chi connectivity index (χ1n) is 9.31. The second kappa shape index (κ2) is 8.57. The molecule has 7 nitrogen and oxygen atoms in total. The maximum absolute atomic E-state index is 12.5. The quantitative estimate of drug-likeness (QED) is 0.432. The predicted molar refractivity (Wildman–Crippen MR) is 119 cm³/mol. The van der Waals surface area contributed by atoms with Crippen molar-refractivity contribution in [2.75, 3.05) is 26.6 Å². The lowest BCUT2D eigenvalue weighted by Gasteiger charge is -2.12. The number of fused-ring (bicyclic) bond motifs is 1. The maximum atomic E-state index is 12.5. The van der Waals surface area contributed by atoms with Crippen LogP contribution in [0.4, 0.5) is 5.69 Å². The molecule has 8 heteroatoms. The molecule has 0 aliphatic carbocycles. The summed E-state index contributed by atoms with van der Waals surface area (Å²) in [5.41, 5.74) is 2.78. The highest BCUT2D eigenvalue weighted by molar-refractivity contribution is 6.34. The Morgan fingerprint density at radius 3 is 2.32 bits per heavy atom. The zero-order valence-corrected chi connectivity index (χ0v) is 17.8. The third-order valence-corrected chi connectivity index (χ3v) is 5.01. The number of carbonyl (C=O) groups excluding carboxylic acids is 1. The number of nitrogens with zero attached hydrogens (tertiary/aromatic N) is 1. The Kier molecular flexibility index (Phi) is 5.68. The van der Waals surface area contributed by atoms with E-state index in [1.165, 1.54) is 7.11 Å². The van der Waals surface area contributed by atoms with Crippen LogP contribution < -0.4 is 19.5 Å². The molecule has 0 aliphatic heterocycles. The van der Waals surface area contributed by atoms with Gasteiger partial charge in [-0.15, -0.1) is 0 Å². The Hall–Kier alpha value is -3.71. The van der Waals surface area contributed by atoms with Gasteiger partial charge >= 0.3 is 0 Å². The van der Waals surface area contributed by atoms with Crippen LogP contribution in [0.15, 0.2) is 59.0 Å². The number of halogens is 1. The van der Waals surface area contributed by atoms with Crippen LogP contribution in [0.2, 0.25) is 5.02 Å². The monoisotopic (exact) mass is 438 g/mol. The molecule has 0 bridgehead atoms. The molecule has 4 rings (SSSR count). The minimum absolute atomic E-state index is 0.307. The van der Waals surface area contributed by atoms with Gasteiger partial charge in [-0.2, -0.15) is 0 Å². The average Bonchev–Trinajstić information content (AvgIpc) is 3.21. The van der Waals surface area contributed by atoms with Gasteiger partial charge in [0.1, 0.15) is 5.52 Å². The van der Waals surface area contributed by atoms with E-state index >= 15 is 0 Å². The third-order valence-electron chi connectivity index (χ3n) is 4.68. The number of oxazole rings is 1. The van der Waals surface area contributed by atoms with Crippen LogP contribution in [0, 0.1) is 0 Å². The smallest absolute Gasteiger partial charge is 0.257 e. The van der Waals surface area contributed by atoms with Crippen molar-refractivity contribution in [3.63, 3.8) is 0 Å². The number of nitrogens with one attached hydrogen (secondary N) is 1. The summed E-state index contributed by atoms with van der Waals surface area (Å²) in [4.78, 5) is 17.1. The lowest BCUT2D eigenvalue weighted by molar-refractivity contribution is 0.102. The third kappa shape index (κ3) is 4.00. The molecule has 0 fully saturated rings. The fraction of sp³-hybridized carbons (Fsp3) is 0.130. The topological polar surface area (TPSA) is 82.8 Å². The number of hydrogen-bond acceptors (Lipinski definition) is 6. The van der Waals surface area contributed by atoms with Crippen molar-refractivity contribution >= 4 is 34.3 Å². The standard InChI is InChI=1S/C23H19ClN2O5/c1-28-19-10-13(11-20(29-2)21(19)30-3)23-26-17-12-14(8-9-18(17)31-23)25-22(27)15-6-4-5-7-16(15)24/h4-12H,1-3H3,(H,25,27). The number of ether oxygens (including phenoxy) is 3. The molecule has 0 saturated carbocycles. The molecular formula is C23H19ClN2O5. The van der Waals surface area contributed by atoms with Gasteiger partial charge in [0, 0.05) is 11.3 Å². The average molecular weight is 439 g/mol. The Morgan fingerprint density at radius 1 is 0.968 bits per heavy atom. The van der Waals surface area contributed by atoms with Gasteiger partial charge in [0.15, 0.2) is 17.1 Å². The van der Waals surface area contributed by atoms with E-state index < -0.39 is 0 Å².